The van der Waals surface area contributed by atoms with Crippen LogP contribution in [-0.2, 0) is 5.54 Å². The van der Waals surface area contributed by atoms with E-state index in [0.29, 0.717) is 0 Å². The van der Waals surface area contributed by atoms with Gasteiger partial charge in [-0.3, -0.25) is 4.90 Å². The van der Waals surface area contributed by atoms with Gasteiger partial charge in [0.05, 0.1) is 12.1 Å². The molecule has 27 heavy (non-hydrogen) atoms. The topological polar surface area (TPSA) is 49.5 Å². The van der Waals surface area contributed by atoms with Gasteiger partial charge in [-0.15, -0.1) is 0 Å². The van der Waals surface area contributed by atoms with E-state index in [2.05, 4.69) is 77.7 Å². The fourth-order valence-electron chi connectivity index (χ4n) is 4.57. The highest BCUT2D eigenvalue weighted by atomic mass is 16.3. The first-order valence-electron chi connectivity index (χ1n) is 9.56. The fourth-order valence-corrected chi connectivity index (χ4v) is 4.57. The lowest BCUT2D eigenvalue weighted by Crippen LogP contribution is -2.52. The maximum Gasteiger partial charge on any atom is 0.0976 e. The lowest BCUT2D eigenvalue weighted by molar-refractivity contribution is 0.0926. The predicted molar refractivity (Wildman–Crippen MR) is 109 cm³/mol. The van der Waals surface area contributed by atoms with E-state index >= 15 is 0 Å². The summed E-state index contributed by atoms with van der Waals surface area (Å²) in [5.41, 5.74) is 9.44. The summed E-state index contributed by atoms with van der Waals surface area (Å²) in [6.45, 7) is 0.839. The van der Waals surface area contributed by atoms with Gasteiger partial charge in [-0.1, -0.05) is 91.0 Å². The summed E-state index contributed by atoms with van der Waals surface area (Å²) >= 11 is 0. The Balaban J connectivity index is 2.04. The van der Waals surface area contributed by atoms with E-state index in [0.717, 1.165) is 13.0 Å². The first-order valence-corrected chi connectivity index (χ1v) is 9.56. The molecule has 0 spiro atoms. The van der Waals surface area contributed by atoms with Crippen LogP contribution in [0.25, 0.3) is 0 Å². The van der Waals surface area contributed by atoms with Crippen molar-refractivity contribution < 1.29 is 5.11 Å². The van der Waals surface area contributed by atoms with Crippen molar-refractivity contribution in [3.63, 3.8) is 0 Å². The molecule has 1 fully saturated rings. The standard InChI is InChI=1S/C24H26N2O/c25-22-16-23(18-27)26(17-22)24(19-10-4-1-5-11-19,20-12-6-2-7-13-20)21-14-8-3-9-15-21/h1-15,22-23,27H,16-18,25H2/t22-,23+/m1/s1. The van der Waals surface area contributed by atoms with Gasteiger partial charge in [0.2, 0.25) is 0 Å². The van der Waals surface area contributed by atoms with Crippen LogP contribution >= 0.6 is 0 Å². The molecule has 0 aromatic heterocycles. The van der Waals surface area contributed by atoms with E-state index in [1.807, 2.05) is 18.2 Å². The van der Waals surface area contributed by atoms with Gasteiger partial charge in [0.1, 0.15) is 0 Å². The summed E-state index contributed by atoms with van der Waals surface area (Å²) in [5.74, 6) is 0. The van der Waals surface area contributed by atoms with Crippen LogP contribution in [0.3, 0.4) is 0 Å². The van der Waals surface area contributed by atoms with Gasteiger partial charge >= 0.3 is 0 Å². The maximum absolute atomic E-state index is 10.2. The van der Waals surface area contributed by atoms with E-state index in [1.165, 1.54) is 16.7 Å². The number of benzene rings is 3. The third-order valence-corrected chi connectivity index (χ3v) is 5.66. The third kappa shape index (κ3) is 3.08. The lowest BCUT2D eigenvalue weighted by atomic mass is 9.75. The maximum atomic E-state index is 10.2. The first-order chi connectivity index (χ1) is 13.3. The minimum absolute atomic E-state index is 0.0145. The molecule has 0 aliphatic carbocycles. The quantitative estimate of drug-likeness (QED) is 0.688. The molecule has 2 atom stereocenters. The van der Waals surface area contributed by atoms with Gasteiger partial charge in [0.15, 0.2) is 0 Å². The molecule has 3 N–H and O–H groups in total. The van der Waals surface area contributed by atoms with Crippen LogP contribution in [0.15, 0.2) is 91.0 Å². The molecular formula is C24H26N2O. The summed E-state index contributed by atoms with van der Waals surface area (Å²) in [4.78, 5) is 2.40. The van der Waals surface area contributed by atoms with Crippen molar-refractivity contribution in [2.24, 2.45) is 5.73 Å². The summed E-state index contributed by atoms with van der Waals surface area (Å²) in [7, 11) is 0. The molecular weight excluding hydrogens is 332 g/mol. The molecule has 0 unspecified atom stereocenters. The largest absolute Gasteiger partial charge is 0.395 e. The second-order valence-electron chi connectivity index (χ2n) is 7.29. The molecule has 1 aliphatic heterocycles. The van der Waals surface area contributed by atoms with E-state index in [1.54, 1.807) is 0 Å². The Hall–Kier alpha value is -2.46. The van der Waals surface area contributed by atoms with Crippen molar-refractivity contribution >= 4 is 0 Å². The van der Waals surface area contributed by atoms with Gasteiger partial charge in [-0.05, 0) is 23.1 Å². The van der Waals surface area contributed by atoms with Crippen molar-refractivity contribution in [2.45, 2.75) is 24.0 Å². The van der Waals surface area contributed by atoms with Gasteiger partial charge in [-0.25, -0.2) is 0 Å². The zero-order valence-electron chi connectivity index (χ0n) is 15.4. The van der Waals surface area contributed by atoms with Crippen LogP contribution in [0.4, 0.5) is 0 Å². The molecule has 1 aliphatic rings. The Morgan fingerprint density at radius 3 is 1.56 bits per heavy atom. The fraction of sp³-hybridized carbons (Fsp3) is 0.250. The predicted octanol–water partition coefficient (Wildman–Crippen LogP) is 3.37. The number of hydrogen-bond donors (Lipinski definition) is 2. The molecule has 4 rings (SSSR count). The zero-order valence-corrected chi connectivity index (χ0v) is 15.4. The molecule has 3 aromatic carbocycles. The van der Waals surface area contributed by atoms with Gasteiger partial charge in [0.25, 0.3) is 0 Å². The van der Waals surface area contributed by atoms with Crippen LogP contribution in [-0.4, -0.2) is 35.2 Å². The molecule has 0 radical (unpaired) electrons. The molecule has 3 nitrogen and oxygen atoms in total. The van der Waals surface area contributed by atoms with Gasteiger partial charge in [-0.2, -0.15) is 0 Å². The summed E-state index contributed by atoms with van der Waals surface area (Å²) in [6, 6.07) is 31.8. The molecule has 3 heteroatoms. The van der Waals surface area contributed by atoms with Crippen LogP contribution < -0.4 is 5.73 Å². The first kappa shape index (κ1) is 17.9. The average molecular weight is 358 g/mol. The second kappa shape index (κ2) is 7.65. The monoisotopic (exact) mass is 358 g/mol. The van der Waals surface area contributed by atoms with E-state index in [-0.39, 0.29) is 18.7 Å². The van der Waals surface area contributed by atoms with Crippen molar-refractivity contribution in [2.75, 3.05) is 13.2 Å². The molecule has 0 bridgehead atoms. The van der Waals surface area contributed by atoms with Crippen LogP contribution in [0.2, 0.25) is 0 Å². The Morgan fingerprint density at radius 2 is 1.19 bits per heavy atom. The van der Waals surface area contributed by atoms with Gasteiger partial charge < -0.3 is 10.8 Å². The Bertz CT molecular complexity index is 755. The molecule has 1 heterocycles. The van der Waals surface area contributed by atoms with E-state index in [4.69, 9.17) is 5.73 Å². The Labute approximate surface area is 161 Å². The highest BCUT2D eigenvalue weighted by Gasteiger charge is 2.48. The minimum Gasteiger partial charge on any atom is -0.395 e. The second-order valence-corrected chi connectivity index (χ2v) is 7.29. The van der Waals surface area contributed by atoms with E-state index < -0.39 is 5.54 Å². The van der Waals surface area contributed by atoms with Gasteiger partial charge in [0, 0.05) is 18.6 Å². The molecule has 3 aromatic rings. The number of rotatable bonds is 5. The Morgan fingerprint density at radius 1 is 0.778 bits per heavy atom. The number of hydrogen-bond acceptors (Lipinski definition) is 3. The van der Waals surface area contributed by atoms with E-state index in [9.17, 15) is 5.11 Å². The highest BCUT2D eigenvalue weighted by Crippen LogP contribution is 2.45. The third-order valence-electron chi connectivity index (χ3n) is 5.66. The summed E-state index contributed by atoms with van der Waals surface area (Å²) < 4.78 is 0. The average Bonchev–Trinajstić information content (AvgIpc) is 3.12. The van der Waals surface area contributed by atoms with Crippen molar-refractivity contribution in [1.29, 1.82) is 0 Å². The molecule has 1 saturated heterocycles. The number of likely N-dealkylation sites (tertiary alicyclic amines) is 1. The number of nitrogens with two attached hydrogens (primary N) is 1. The number of aliphatic hydroxyl groups is 1. The van der Waals surface area contributed by atoms with Crippen molar-refractivity contribution in [1.82, 2.24) is 4.90 Å². The molecule has 138 valence electrons. The van der Waals surface area contributed by atoms with Crippen LogP contribution in [0, 0.1) is 0 Å². The van der Waals surface area contributed by atoms with Crippen molar-refractivity contribution in [3.8, 4) is 0 Å². The van der Waals surface area contributed by atoms with Crippen molar-refractivity contribution in [3.05, 3.63) is 108 Å². The normalized spacial score (nSPS) is 20.7. The Kier molecular flexibility index (Phi) is 5.08. The highest BCUT2D eigenvalue weighted by molar-refractivity contribution is 5.50. The number of aliphatic hydroxyl groups excluding tert-OH is 1. The smallest absolute Gasteiger partial charge is 0.0976 e. The zero-order chi connectivity index (χ0) is 18.7. The summed E-state index contributed by atoms with van der Waals surface area (Å²) in [6.07, 6.45) is 0.796. The summed E-state index contributed by atoms with van der Waals surface area (Å²) in [5, 5.41) is 10.2. The lowest BCUT2D eigenvalue weighted by Gasteiger charge is -2.46. The van der Waals surface area contributed by atoms with Crippen LogP contribution in [0.1, 0.15) is 23.1 Å². The van der Waals surface area contributed by atoms with Crippen LogP contribution in [0.5, 0.6) is 0 Å². The SMILES string of the molecule is N[C@@H]1C[C@@H](CO)N(C(c2ccccc2)(c2ccccc2)c2ccccc2)C1. The number of nitrogens with zero attached hydrogens (tertiary/aromatic N) is 1. The molecule has 0 amide bonds. The molecule has 0 saturated carbocycles. The minimum atomic E-state index is -0.495.